The molecule has 0 aromatic carbocycles. The third-order valence-corrected chi connectivity index (χ3v) is 5.15. The van der Waals surface area contributed by atoms with Gasteiger partial charge in [0.05, 0.1) is 6.42 Å². The first-order valence-electron chi connectivity index (χ1n) is 5.10. The van der Waals surface area contributed by atoms with E-state index in [0.717, 1.165) is 11.3 Å². The van der Waals surface area contributed by atoms with Crippen molar-refractivity contribution in [2.24, 2.45) is 5.92 Å². The summed E-state index contributed by atoms with van der Waals surface area (Å²) >= 11 is 1.10. The Morgan fingerprint density at radius 2 is 2.18 bits per heavy atom. The molecular formula is C10H15NO4S2. The summed E-state index contributed by atoms with van der Waals surface area (Å²) in [6.07, 6.45) is -0.220. The molecule has 0 amide bonds. The van der Waals surface area contributed by atoms with E-state index in [-0.39, 0.29) is 16.5 Å². The molecule has 96 valence electrons. The Labute approximate surface area is 105 Å². The van der Waals surface area contributed by atoms with Crippen LogP contribution in [0.3, 0.4) is 0 Å². The van der Waals surface area contributed by atoms with Crippen molar-refractivity contribution in [2.75, 3.05) is 0 Å². The highest BCUT2D eigenvalue weighted by Gasteiger charge is 2.24. The lowest BCUT2D eigenvalue weighted by Gasteiger charge is -2.19. The van der Waals surface area contributed by atoms with Crippen molar-refractivity contribution >= 4 is 27.3 Å². The van der Waals surface area contributed by atoms with E-state index in [2.05, 4.69) is 4.72 Å². The van der Waals surface area contributed by atoms with Gasteiger partial charge in [0.15, 0.2) is 0 Å². The monoisotopic (exact) mass is 277 g/mol. The maximum Gasteiger partial charge on any atom is 0.304 e. The summed E-state index contributed by atoms with van der Waals surface area (Å²) in [5.41, 5.74) is 0. The molecule has 1 aromatic heterocycles. The quantitative estimate of drug-likeness (QED) is 0.826. The van der Waals surface area contributed by atoms with Crippen LogP contribution >= 0.6 is 11.3 Å². The number of rotatable bonds is 6. The molecule has 0 radical (unpaired) electrons. The van der Waals surface area contributed by atoms with Gasteiger partial charge in [-0.1, -0.05) is 19.9 Å². The van der Waals surface area contributed by atoms with Crippen molar-refractivity contribution < 1.29 is 18.3 Å². The van der Waals surface area contributed by atoms with E-state index in [9.17, 15) is 13.2 Å². The van der Waals surface area contributed by atoms with Gasteiger partial charge in [0.1, 0.15) is 4.21 Å². The first-order valence-corrected chi connectivity index (χ1v) is 7.47. The average Bonchev–Trinajstić information content (AvgIpc) is 2.68. The van der Waals surface area contributed by atoms with Crippen LogP contribution in [0.2, 0.25) is 0 Å². The summed E-state index contributed by atoms with van der Waals surface area (Å²) in [4.78, 5) is 10.7. The molecule has 0 fully saturated rings. The molecule has 2 N–H and O–H groups in total. The maximum atomic E-state index is 11.9. The molecule has 1 rings (SSSR count). The second-order valence-electron chi connectivity index (χ2n) is 4.00. The number of sulfonamides is 1. The third kappa shape index (κ3) is 4.10. The molecule has 0 aliphatic heterocycles. The van der Waals surface area contributed by atoms with Gasteiger partial charge in [0.25, 0.3) is 0 Å². The molecule has 7 heteroatoms. The number of carbonyl (C=O) groups is 1. The van der Waals surface area contributed by atoms with Crippen molar-refractivity contribution in [3.05, 3.63) is 17.5 Å². The van der Waals surface area contributed by atoms with E-state index < -0.39 is 22.0 Å². The minimum Gasteiger partial charge on any atom is -0.481 e. The molecule has 1 aromatic rings. The second kappa shape index (κ2) is 5.61. The van der Waals surface area contributed by atoms with E-state index in [1.54, 1.807) is 25.3 Å². The number of hydrogen-bond donors (Lipinski definition) is 2. The second-order valence-corrected chi connectivity index (χ2v) is 6.89. The Morgan fingerprint density at radius 1 is 1.53 bits per heavy atom. The van der Waals surface area contributed by atoms with Crippen LogP contribution in [0.25, 0.3) is 0 Å². The highest BCUT2D eigenvalue weighted by molar-refractivity contribution is 7.91. The minimum atomic E-state index is -3.60. The van der Waals surface area contributed by atoms with Crippen molar-refractivity contribution in [1.29, 1.82) is 0 Å². The lowest BCUT2D eigenvalue weighted by Crippen LogP contribution is -2.39. The van der Waals surface area contributed by atoms with Gasteiger partial charge in [0, 0.05) is 6.04 Å². The topological polar surface area (TPSA) is 83.5 Å². The van der Waals surface area contributed by atoms with Gasteiger partial charge < -0.3 is 5.11 Å². The zero-order valence-corrected chi connectivity index (χ0v) is 11.2. The van der Waals surface area contributed by atoms with Crippen molar-refractivity contribution in [1.82, 2.24) is 4.72 Å². The molecule has 1 heterocycles. The average molecular weight is 277 g/mol. The smallest absolute Gasteiger partial charge is 0.304 e. The molecule has 0 aliphatic rings. The van der Waals surface area contributed by atoms with Crippen LogP contribution < -0.4 is 4.72 Å². The summed E-state index contributed by atoms with van der Waals surface area (Å²) in [7, 11) is -3.60. The van der Waals surface area contributed by atoms with Crippen molar-refractivity contribution in [2.45, 2.75) is 30.5 Å². The van der Waals surface area contributed by atoms with E-state index in [4.69, 9.17) is 5.11 Å². The Hall–Kier alpha value is -0.920. The predicted molar refractivity (Wildman–Crippen MR) is 65.5 cm³/mol. The van der Waals surface area contributed by atoms with Crippen LogP contribution in [0.4, 0.5) is 0 Å². The lowest BCUT2D eigenvalue weighted by atomic mass is 10.0. The fourth-order valence-corrected chi connectivity index (χ4v) is 3.67. The van der Waals surface area contributed by atoms with Gasteiger partial charge in [-0.15, -0.1) is 11.3 Å². The van der Waals surface area contributed by atoms with E-state index in [1.165, 1.54) is 6.07 Å². The number of carboxylic acid groups (broad SMARTS) is 1. The number of aliphatic carboxylic acids is 1. The standard InChI is InChI=1S/C10H15NO4S2/c1-7(2)8(6-9(12)13)11-17(14,15)10-4-3-5-16-10/h3-5,7-8,11H,6H2,1-2H3,(H,12,13). The Balaban J connectivity index is 2.84. The van der Waals surface area contributed by atoms with E-state index in [0.29, 0.717) is 0 Å². The molecule has 0 spiro atoms. The molecule has 1 atom stereocenters. The molecule has 5 nitrogen and oxygen atoms in total. The van der Waals surface area contributed by atoms with Crippen LogP contribution in [-0.2, 0) is 14.8 Å². The summed E-state index contributed by atoms with van der Waals surface area (Å²) < 4.78 is 26.4. The van der Waals surface area contributed by atoms with Gasteiger partial charge in [-0.05, 0) is 17.4 Å². The van der Waals surface area contributed by atoms with Gasteiger partial charge in [-0.2, -0.15) is 0 Å². The Kier molecular flexibility index (Phi) is 4.67. The summed E-state index contributed by atoms with van der Waals surface area (Å²) in [6.45, 7) is 3.56. The molecule has 0 saturated carbocycles. The number of thiophene rings is 1. The lowest BCUT2D eigenvalue weighted by molar-refractivity contribution is -0.137. The normalized spacial score (nSPS) is 13.8. The van der Waals surface area contributed by atoms with Crippen LogP contribution in [0, 0.1) is 5.92 Å². The first kappa shape index (κ1) is 14.1. The zero-order valence-electron chi connectivity index (χ0n) is 9.58. The molecule has 0 aliphatic carbocycles. The molecule has 1 unspecified atom stereocenters. The molecule has 0 bridgehead atoms. The predicted octanol–water partition coefficient (Wildman–Crippen LogP) is 1.53. The largest absolute Gasteiger partial charge is 0.481 e. The van der Waals surface area contributed by atoms with Gasteiger partial charge in [-0.3, -0.25) is 4.79 Å². The highest BCUT2D eigenvalue weighted by atomic mass is 32.2. The molecule has 17 heavy (non-hydrogen) atoms. The summed E-state index contributed by atoms with van der Waals surface area (Å²) in [5.74, 6) is -1.10. The van der Waals surface area contributed by atoms with Gasteiger partial charge >= 0.3 is 5.97 Å². The minimum absolute atomic E-state index is 0.0826. The number of carboxylic acids is 1. The van der Waals surface area contributed by atoms with Gasteiger partial charge in [-0.25, -0.2) is 13.1 Å². The fourth-order valence-electron chi connectivity index (χ4n) is 1.28. The van der Waals surface area contributed by atoms with Crippen LogP contribution in [-0.4, -0.2) is 25.5 Å². The Morgan fingerprint density at radius 3 is 2.59 bits per heavy atom. The summed E-state index contributed by atoms with van der Waals surface area (Å²) in [6, 6.07) is 2.53. The molecule has 0 saturated heterocycles. The first-order chi connectivity index (χ1) is 7.83. The SMILES string of the molecule is CC(C)C(CC(=O)O)NS(=O)(=O)c1cccs1. The highest BCUT2D eigenvalue weighted by Crippen LogP contribution is 2.18. The van der Waals surface area contributed by atoms with Crippen molar-refractivity contribution in [3.8, 4) is 0 Å². The number of nitrogens with one attached hydrogen (secondary N) is 1. The molecular weight excluding hydrogens is 262 g/mol. The fraction of sp³-hybridized carbons (Fsp3) is 0.500. The third-order valence-electron chi connectivity index (χ3n) is 2.27. The van der Waals surface area contributed by atoms with E-state index in [1.807, 2.05) is 0 Å². The maximum absolute atomic E-state index is 11.9. The summed E-state index contributed by atoms with van der Waals surface area (Å²) in [5, 5.41) is 10.4. The van der Waals surface area contributed by atoms with E-state index >= 15 is 0 Å². The van der Waals surface area contributed by atoms with Gasteiger partial charge in [0.2, 0.25) is 10.0 Å². The number of hydrogen-bond acceptors (Lipinski definition) is 4. The zero-order chi connectivity index (χ0) is 13.1. The van der Waals surface area contributed by atoms with Crippen LogP contribution in [0.5, 0.6) is 0 Å². The van der Waals surface area contributed by atoms with Crippen LogP contribution in [0.15, 0.2) is 21.7 Å². The van der Waals surface area contributed by atoms with Crippen LogP contribution in [0.1, 0.15) is 20.3 Å². The Bertz CT molecular complexity index is 465. The van der Waals surface area contributed by atoms with Crippen molar-refractivity contribution in [3.63, 3.8) is 0 Å².